The van der Waals surface area contributed by atoms with E-state index in [2.05, 4.69) is 37.2 Å². The summed E-state index contributed by atoms with van der Waals surface area (Å²) in [7, 11) is 0. The molecule has 1 atom stereocenters. The molecule has 2 aromatic carbocycles. The predicted molar refractivity (Wildman–Crippen MR) is 85.3 cm³/mol. The lowest BCUT2D eigenvalue weighted by Crippen LogP contribution is -2.09. The number of hydrogen-bond acceptors (Lipinski definition) is 1. The fraction of sp³-hybridized carbons (Fsp3) is 0.143. The molecule has 19 heavy (non-hydrogen) atoms. The van der Waals surface area contributed by atoms with Crippen molar-refractivity contribution in [1.82, 2.24) is 0 Å². The van der Waals surface area contributed by atoms with Crippen LogP contribution in [0.3, 0.4) is 0 Å². The van der Waals surface area contributed by atoms with E-state index in [1.807, 2.05) is 19.1 Å². The molecule has 0 aliphatic rings. The number of hydrogen-bond donors (Lipinski definition) is 1. The third-order valence-electron chi connectivity index (χ3n) is 2.72. The summed E-state index contributed by atoms with van der Waals surface area (Å²) in [5.41, 5.74) is 1.35. The molecule has 2 aromatic rings. The van der Waals surface area contributed by atoms with Crippen LogP contribution in [0, 0.1) is 5.82 Å². The number of rotatable bonds is 3. The van der Waals surface area contributed by atoms with E-state index in [-0.39, 0.29) is 11.9 Å². The minimum atomic E-state index is -0.241. The van der Waals surface area contributed by atoms with Gasteiger partial charge in [-0.2, -0.15) is 0 Å². The van der Waals surface area contributed by atoms with E-state index in [1.54, 1.807) is 18.2 Å². The number of anilines is 1. The number of nitrogens with one attached hydrogen (secondary N) is 1. The summed E-state index contributed by atoms with van der Waals surface area (Å²) in [5.74, 6) is -0.241. The van der Waals surface area contributed by atoms with Crippen LogP contribution in [0.2, 0.25) is 5.02 Å². The van der Waals surface area contributed by atoms with Crippen molar-refractivity contribution >= 4 is 49.1 Å². The molecule has 0 radical (unpaired) electrons. The fourth-order valence-corrected chi connectivity index (χ4v) is 2.68. The molecule has 5 heteroatoms. The largest absolute Gasteiger partial charge is 0.377 e. The van der Waals surface area contributed by atoms with E-state index in [1.165, 1.54) is 6.07 Å². The summed E-state index contributed by atoms with van der Waals surface area (Å²) in [6.45, 7) is 1.89. The molecule has 0 bridgehead atoms. The van der Waals surface area contributed by atoms with Crippen LogP contribution in [0.1, 0.15) is 18.5 Å². The second kappa shape index (κ2) is 6.25. The Morgan fingerprint density at radius 1 is 1.11 bits per heavy atom. The smallest absolute Gasteiger partial charge is 0.128 e. The van der Waals surface area contributed by atoms with Crippen LogP contribution in [0.5, 0.6) is 0 Å². The first-order valence-electron chi connectivity index (χ1n) is 5.64. The molecule has 0 fully saturated rings. The van der Waals surface area contributed by atoms with Gasteiger partial charge in [0.15, 0.2) is 0 Å². The summed E-state index contributed by atoms with van der Waals surface area (Å²) >= 11 is 12.8. The Bertz CT molecular complexity index is 604. The Balaban J connectivity index is 2.27. The first kappa shape index (κ1) is 14.8. The van der Waals surface area contributed by atoms with Crippen molar-refractivity contribution in [1.29, 1.82) is 0 Å². The van der Waals surface area contributed by atoms with Crippen LogP contribution in [-0.4, -0.2) is 0 Å². The lowest BCUT2D eigenvalue weighted by molar-refractivity contribution is 0.600. The van der Waals surface area contributed by atoms with Crippen molar-refractivity contribution in [2.45, 2.75) is 13.0 Å². The molecule has 0 amide bonds. The Hall–Kier alpha value is -0.580. The van der Waals surface area contributed by atoms with Gasteiger partial charge in [-0.3, -0.25) is 0 Å². The lowest BCUT2D eigenvalue weighted by atomic mass is 10.1. The Kier molecular flexibility index (Phi) is 4.87. The maximum Gasteiger partial charge on any atom is 0.128 e. The van der Waals surface area contributed by atoms with Gasteiger partial charge in [0.2, 0.25) is 0 Å². The first-order valence-corrected chi connectivity index (χ1v) is 7.60. The van der Waals surface area contributed by atoms with Gasteiger partial charge in [0.05, 0.1) is 16.8 Å². The average Bonchev–Trinajstić information content (AvgIpc) is 2.36. The number of halogens is 4. The van der Waals surface area contributed by atoms with Gasteiger partial charge in [-0.1, -0.05) is 43.5 Å². The summed E-state index contributed by atoms with van der Waals surface area (Å²) in [6, 6.07) is 10.2. The molecular formula is C14H11Br2ClFN. The second-order valence-corrected chi connectivity index (χ2v) is 6.39. The maximum absolute atomic E-state index is 13.8. The quantitative estimate of drug-likeness (QED) is 0.641. The summed E-state index contributed by atoms with van der Waals surface area (Å²) in [4.78, 5) is 0. The molecule has 0 aromatic heterocycles. The summed E-state index contributed by atoms with van der Waals surface area (Å²) < 4.78 is 15.6. The van der Waals surface area contributed by atoms with E-state index in [0.717, 1.165) is 14.6 Å². The second-order valence-electron chi connectivity index (χ2n) is 4.16. The summed E-state index contributed by atoms with van der Waals surface area (Å²) in [5, 5.41) is 3.81. The molecule has 2 rings (SSSR count). The fourth-order valence-electron chi connectivity index (χ4n) is 1.77. The zero-order chi connectivity index (χ0) is 14.0. The molecular weight excluding hydrogens is 396 g/mol. The van der Waals surface area contributed by atoms with Gasteiger partial charge < -0.3 is 5.32 Å². The highest BCUT2D eigenvalue weighted by Crippen LogP contribution is 2.30. The topological polar surface area (TPSA) is 12.0 Å². The zero-order valence-corrected chi connectivity index (χ0v) is 14.0. The highest BCUT2D eigenvalue weighted by Gasteiger charge is 2.13. The third-order valence-corrected chi connectivity index (χ3v) is 4.04. The van der Waals surface area contributed by atoms with Gasteiger partial charge in [-0.25, -0.2) is 4.39 Å². The highest BCUT2D eigenvalue weighted by molar-refractivity contribution is 9.10. The van der Waals surface area contributed by atoms with Crippen molar-refractivity contribution in [2.75, 3.05) is 5.32 Å². The lowest BCUT2D eigenvalue weighted by Gasteiger charge is -2.18. The molecule has 0 heterocycles. The van der Waals surface area contributed by atoms with Crippen LogP contribution in [0.4, 0.5) is 10.1 Å². The molecule has 100 valence electrons. The molecule has 0 saturated heterocycles. The standard InChI is InChI=1S/C14H11Br2ClFN/c1-8(11-6-9(15)3-5-13(11)18)19-14-7-10(16)2-4-12(14)17/h2-8,19H,1H3. The molecule has 0 aliphatic heterocycles. The molecule has 1 unspecified atom stereocenters. The first-order chi connectivity index (χ1) is 8.97. The van der Waals surface area contributed by atoms with Crippen molar-refractivity contribution in [3.8, 4) is 0 Å². The van der Waals surface area contributed by atoms with E-state index >= 15 is 0 Å². The normalized spacial score (nSPS) is 12.3. The predicted octanol–water partition coefficient (Wildman–Crippen LogP) is 6.18. The zero-order valence-electron chi connectivity index (χ0n) is 10.1. The molecule has 0 saturated carbocycles. The van der Waals surface area contributed by atoms with Crippen molar-refractivity contribution in [3.63, 3.8) is 0 Å². The van der Waals surface area contributed by atoms with E-state index in [9.17, 15) is 4.39 Å². The minimum Gasteiger partial charge on any atom is -0.377 e. The van der Waals surface area contributed by atoms with Crippen LogP contribution >= 0.6 is 43.5 Å². The number of benzene rings is 2. The molecule has 1 nitrogen and oxygen atoms in total. The molecule has 0 spiro atoms. The van der Waals surface area contributed by atoms with E-state index in [0.29, 0.717) is 10.6 Å². The van der Waals surface area contributed by atoms with E-state index in [4.69, 9.17) is 11.6 Å². The summed E-state index contributed by atoms with van der Waals surface area (Å²) in [6.07, 6.45) is 0. The SMILES string of the molecule is CC(Nc1cc(Br)ccc1Cl)c1cc(Br)ccc1F. The van der Waals surface area contributed by atoms with Crippen molar-refractivity contribution in [2.24, 2.45) is 0 Å². The van der Waals surface area contributed by atoms with Crippen molar-refractivity contribution in [3.05, 3.63) is 61.7 Å². The van der Waals surface area contributed by atoms with Gasteiger partial charge in [0, 0.05) is 14.5 Å². The van der Waals surface area contributed by atoms with Crippen LogP contribution < -0.4 is 5.32 Å². The minimum absolute atomic E-state index is 0.190. The van der Waals surface area contributed by atoms with Gasteiger partial charge in [0.1, 0.15) is 5.82 Å². The van der Waals surface area contributed by atoms with Crippen molar-refractivity contribution < 1.29 is 4.39 Å². The monoisotopic (exact) mass is 405 g/mol. The average molecular weight is 408 g/mol. The highest BCUT2D eigenvalue weighted by atomic mass is 79.9. The van der Waals surface area contributed by atoms with E-state index < -0.39 is 0 Å². The van der Waals surface area contributed by atoms with Crippen LogP contribution in [0.25, 0.3) is 0 Å². The van der Waals surface area contributed by atoms with Crippen LogP contribution in [0.15, 0.2) is 45.3 Å². The third kappa shape index (κ3) is 3.71. The van der Waals surface area contributed by atoms with Gasteiger partial charge >= 0.3 is 0 Å². The van der Waals surface area contributed by atoms with Gasteiger partial charge in [-0.15, -0.1) is 0 Å². The molecule has 0 aliphatic carbocycles. The van der Waals surface area contributed by atoms with Gasteiger partial charge in [-0.05, 0) is 43.3 Å². The Morgan fingerprint density at radius 3 is 2.47 bits per heavy atom. The Labute approximate surface area is 133 Å². The molecule has 1 N–H and O–H groups in total. The van der Waals surface area contributed by atoms with Gasteiger partial charge in [0.25, 0.3) is 0 Å². The van der Waals surface area contributed by atoms with Crippen LogP contribution in [-0.2, 0) is 0 Å². The Morgan fingerprint density at radius 2 is 1.74 bits per heavy atom. The maximum atomic E-state index is 13.8.